The molecule has 0 unspecified atom stereocenters. The molecule has 2 amide bonds. The molecule has 1 aromatic heterocycles. The van der Waals surface area contributed by atoms with Crippen molar-refractivity contribution in [1.29, 1.82) is 0 Å². The van der Waals surface area contributed by atoms with E-state index in [0.717, 1.165) is 17.0 Å². The predicted molar refractivity (Wildman–Crippen MR) is 110 cm³/mol. The third-order valence-electron chi connectivity index (χ3n) is 4.73. The average Bonchev–Trinajstić information content (AvgIpc) is 3.34. The molecule has 0 fully saturated rings. The molecule has 3 N–H and O–H groups in total. The minimum absolute atomic E-state index is 0.0597. The summed E-state index contributed by atoms with van der Waals surface area (Å²) in [5.74, 6) is -0.255. The van der Waals surface area contributed by atoms with E-state index in [4.69, 9.17) is 5.73 Å². The summed E-state index contributed by atoms with van der Waals surface area (Å²) in [5.41, 5.74) is 8.18. The largest absolute Gasteiger partial charge is 0.349 e. The lowest BCUT2D eigenvalue weighted by Crippen LogP contribution is -2.45. The number of amides is 2. The minimum Gasteiger partial charge on any atom is -0.349 e. The number of thiophene rings is 1. The summed E-state index contributed by atoms with van der Waals surface area (Å²) in [5, 5.41) is 4.90. The number of para-hydroxylation sites is 1. The summed E-state index contributed by atoms with van der Waals surface area (Å²) in [6.45, 7) is 2.66. The lowest BCUT2D eigenvalue weighted by Gasteiger charge is -2.18. The van der Waals surface area contributed by atoms with Gasteiger partial charge in [0, 0.05) is 35.6 Å². The molecule has 3 rings (SSSR count). The zero-order valence-corrected chi connectivity index (χ0v) is 16.2. The second-order valence-corrected chi connectivity index (χ2v) is 7.67. The van der Waals surface area contributed by atoms with Crippen LogP contribution in [0.2, 0.25) is 0 Å². The van der Waals surface area contributed by atoms with Crippen molar-refractivity contribution in [3.63, 3.8) is 0 Å². The smallest absolute Gasteiger partial charge is 0.250 e. The Morgan fingerprint density at radius 1 is 1.30 bits per heavy atom. The van der Waals surface area contributed by atoms with Gasteiger partial charge in [-0.05, 0) is 35.9 Å². The minimum atomic E-state index is -0.590. The van der Waals surface area contributed by atoms with Crippen molar-refractivity contribution < 1.29 is 9.59 Å². The number of rotatable bonds is 7. The van der Waals surface area contributed by atoms with Gasteiger partial charge >= 0.3 is 0 Å². The number of carbonyl (C=O) groups is 2. The first-order chi connectivity index (χ1) is 13.1. The Morgan fingerprint density at radius 2 is 2.11 bits per heavy atom. The molecule has 0 bridgehead atoms. The van der Waals surface area contributed by atoms with Gasteiger partial charge in [-0.2, -0.15) is 0 Å². The van der Waals surface area contributed by atoms with Crippen molar-refractivity contribution in [2.24, 2.45) is 5.73 Å². The molecule has 0 aliphatic carbocycles. The van der Waals surface area contributed by atoms with Crippen LogP contribution in [0.1, 0.15) is 23.8 Å². The van der Waals surface area contributed by atoms with E-state index in [1.807, 2.05) is 42.6 Å². The fraction of sp³-hybridized carbons (Fsp3) is 0.333. The van der Waals surface area contributed by atoms with Gasteiger partial charge in [0.25, 0.3) is 5.91 Å². The first-order valence-corrected chi connectivity index (χ1v) is 10.1. The third kappa shape index (κ3) is 4.84. The highest BCUT2D eigenvalue weighted by molar-refractivity contribution is 7.09. The second-order valence-electron chi connectivity index (χ2n) is 6.64. The van der Waals surface area contributed by atoms with E-state index in [0.29, 0.717) is 19.4 Å². The Kier molecular flexibility index (Phi) is 6.42. The Bertz CT molecular complexity index is 817. The fourth-order valence-corrected chi connectivity index (χ4v) is 3.93. The number of anilines is 1. The SMILES string of the molecule is CC[C@@H](C=CC(=O)N1CCc2ccccc21)NC(=O)[C@@H](N)Cc1cccs1. The highest BCUT2D eigenvalue weighted by atomic mass is 32.1. The Labute approximate surface area is 163 Å². The van der Waals surface area contributed by atoms with Crippen LogP contribution in [0.4, 0.5) is 5.69 Å². The maximum atomic E-state index is 12.6. The molecular formula is C21H25N3O2S. The number of hydrogen-bond donors (Lipinski definition) is 2. The van der Waals surface area contributed by atoms with E-state index >= 15 is 0 Å². The topological polar surface area (TPSA) is 75.4 Å². The number of nitrogens with one attached hydrogen (secondary N) is 1. The molecule has 2 heterocycles. The van der Waals surface area contributed by atoms with E-state index in [2.05, 4.69) is 11.4 Å². The quantitative estimate of drug-likeness (QED) is 0.722. The van der Waals surface area contributed by atoms with Crippen molar-refractivity contribution in [1.82, 2.24) is 5.32 Å². The predicted octanol–water partition coefficient (Wildman–Crippen LogP) is 2.66. The molecule has 5 nitrogen and oxygen atoms in total. The molecular weight excluding hydrogens is 358 g/mol. The lowest BCUT2D eigenvalue weighted by atomic mass is 10.1. The number of hydrogen-bond acceptors (Lipinski definition) is 4. The summed E-state index contributed by atoms with van der Waals surface area (Å²) >= 11 is 1.59. The van der Waals surface area contributed by atoms with Gasteiger partial charge in [-0.25, -0.2) is 0 Å². The van der Waals surface area contributed by atoms with Crippen LogP contribution in [0.25, 0.3) is 0 Å². The maximum absolute atomic E-state index is 12.6. The number of fused-ring (bicyclic) bond motifs is 1. The first-order valence-electron chi connectivity index (χ1n) is 9.24. The summed E-state index contributed by atoms with van der Waals surface area (Å²) < 4.78 is 0. The number of benzene rings is 1. The molecule has 1 aromatic carbocycles. The van der Waals surface area contributed by atoms with E-state index in [-0.39, 0.29) is 17.9 Å². The number of nitrogens with zero attached hydrogens (tertiary/aromatic N) is 1. The lowest BCUT2D eigenvalue weighted by molar-refractivity contribution is -0.122. The summed E-state index contributed by atoms with van der Waals surface area (Å²) in [6, 6.07) is 11.1. The van der Waals surface area contributed by atoms with Gasteiger partial charge in [0.05, 0.1) is 6.04 Å². The van der Waals surface area contributed by atoms with Crippen LogP contribution in [0.3, 0.4) is 0 Å². The molecule has 0 spiro atoms. The number of carbonyl (C=O) groups excluding carboxylic acids is 2. The Balaban J connectivity index is 1.56. The van der Waals surface area contributed by atoms with Crippen LogP contribution in [0.15, 0.2) is 53.9 Å². The van der Waals surface area contributed by atoms with E-state index in [9.17, 15) is 9.59 Å². The molecule has 6 heteroatoms. The van der Waals surface area contributed by atoms with Crippen LogP contribution < -0.4 is 16.0 Å². The van der Waals surface area contributed by atoms with Crippen molar-refractivity contribution in [2.45, 2.75) is 38.3 Å². The van der Waals surface area contributed by atoms with Gasteiger partial charge in [0.2, 0.25) is 5.91 Å². The van der Waals surface area contributed by atoms with Crippen LogP contribution in [0, 0.1) is 0 Å². The molecule has 0 radical (unpaired) electrons. The standard InChI is InChI=1S/C21H25N3O2S/c1-2-16(23-21(26)18(22)14-17-7-5-13-27-17)9-10-20(25)24-12-11-15-6-3-4-8-19(15)24/h3-10,13,16,18H,2,11-12,14,22H2,1H3,(H,23,26)/t16-,18-/m0/s1. The van der Waals surface area contributed by atoms with Crippen molar-refractivity contribution in [3.05, 3.63) is 64.4 Å². The summed E-state index contributed by atoms with van der Waals surface area (Å²) in [6.07, 6.45) is 5.41. The molecule has 142 valence electrons. The van der Waals surface area contributed by atoms with Crippen molar-refractivity contribution >= 4 is 28.8 Å². The van der Waals surface area contributed by atoms with Gasteiger partial charge in [0.1, 0.15) is 0 Å². The zero-order chi connectivity index (χ0) is 19.2. The molecule has 1 aliphatic heterocycles. The van der Waals surface area contributed by atoms with E-state index in [1.54, 1.807) is 28.4 Å². The van der Waals surface area contributed by atoms with Gasteiger partial charge in [-0.3, -0.25) is 9.59 Å². The van der Waals surface area contributed by atoms with Crippen LogP contribution in [-0.2, 0) is 22.4 Å². The van der Waals surface area contributed by atoms with Crippen molar-refractivity contribution in [2.75, 3.05) is 11.4 Å². The van der Waals surface area contributed by atoms with Crippen LogP contribution in [-0.4, -0.2) is 30.4 Å². The van der Waals surface area contributed by atoms with Gasteiger partial charge in [-0.15, -0.1) is 11.3 Å². The normalized spacial score (nSPS) is 15.6. The average molecular weight is 384 g/mol. The van der Waals surface area contributed by atoms with Crippen molar-refractivity contribution in [3.8, 4) is 0 Å². The van der Waals surface area contributed by atoms with E-state index < -0.39 is 6.04 Å². The second kappa shape index (κ2) is 8.97. The maximum Gasteiger partial charge on any atom is 0.250 e. The fourth-order valence-electron chi connectivity index (χ4n) is 3.17. The zero-order valence-electron chi connectivity index (χ0n) is 15.4. The molecule has 2 aromatic rings. The Hall–Kier alpha value is -2.44. The molecule has 1 aliphatic rings. The molecule has 2 atom stereocenters. The monoisotopic (exact) mass is 383 g/mol. The molecule has 0 saturated carbocycles. The van der Waals surface area contributed by atoms with Gasteiger partial charge in [-0.1, -0.05) is 37.3 Å². The molecule has 27 heavy (non-hydrogen) atoms. The van der Waals surface area contributed by atoms with Crippen LogP contribution >= 0.6 is 11.3 Å². The van der Waals surface area contributed by atoms with Gasteiger partial charge in [0.15, 0.2) is 0 Å². The van der Waals surface area contributed by atoms with E-state index in [1.165, 1.54) is 5.56 Å². The first kappa shape index (κ1) is 19.3. The third-order valence-corrected chi connectivity index (χ3v) is 5.63. The highest BCUT2D eigenvalue weighted by Crippen LogP contribution is 2.27. The summed E-state index contributed by atoms with van der Waals surface area (Å²) in [4.78, 5) is 27.8. The Morgan fingerprint density at radius 3 is 2.85 bits per heavy atom. The summed E-state index contributed by atoms with van der Waals surface area (Å²) in [7, 11) is 0. The number of nitrogens with two attached hydrogens (primary N) is 1. The highest BCUT2D eigenvalue weighted by Gasteiger charge is 2.23. The van der Waals surface area contributed by atoms with Gasteiger partial charge < -0.3 is 16.0 Å². The van der Waals surface area contributed by atoms with Crippen LogP contribution in [0.5, 0.6) is 0 Å². The molecule has 0 saturated heterocycles.